The van der Waals surface area contributed by atoms with E-state index in [0.717, 1.165) is 35.3 Å². The van der Waals surface area contributed by atoms with E-state index in [1.807, 2.05) is 54.6 Å². The second-order valence-corrected chi connectivity index (χ2v) is 9.35. The van der Waals surface area contributed by atoms with Crippen LogP contribution in [0.5, 0.6) is 0 Å². The number of halogens is 1. The van der Waals surface area contributed by atoms with Gasteiger partial charge in [-0.2, -0.15) is 5.26 Å². The van der Waals surface area contributed by atoms with E-state index in [2.05, 4.69) is 10.6 Å². The van der Waals surface area contributed by atoms with E-state index in [1.165, 1.54) is 6.07 Å². The number of nitriles is 1. The molecule has 3 aromatic rings. The predicted molar refractivity (Wildman–Crippen MR) is 137 cm³/mol. The number of nitrogens with zero attached hydrogens (tertiary/aromatic N) is 1. The second kappa shape index (κ2) is 11.0. The smallest absolute Gasteiger partial charge is 0.256 e. The highest BCUT2D eigenvalue weighted by atomic mass is 35.5. The molecule has 0 spiro atoms. The Kier molecular flexibility index (Phi) is 7.84. The molecule has 180 valence electrons. The number of piperidine rings is 1. The molecule has 1 fully saturated rings. The fourth-order valence-electron chi connectivity index (χ4n) is 4.56. The quantitative estimate of drug-likeness (QED) is 0.396. The summed E-state index contributed by atoms with van der Waals surface area (Å²) in [4.78, 5) is 13.4. The molecule has 1 saturated heterocycles. The van der Waals surface area contributed by atoms with Crippen molar-refractivity contribution in [2.45, 2.75) is 31.5 Å². The van der Waals surface area contributed by atoms with Gasteiger partial charge in [-0.25, -0.2) is 0 Å². The van der Waals surface area contributed by atoms with Crippen LogP contribution in [0, 0.1) is 17.2 Å². The number of aliphatic hydroxyl groups excluding tert-OH is 1. The van der Waals surface area contributed by atoms with Gasteiger partial charge in [-0.05, 0) is 72.3 Å². The maximum absolute atomic E-state index is 13.4. The van der Waals surface area contributed by atoms with Crippen molar-refractivity contribution in [2.75, 3.05) is 18.4 Å². The zero-order valence-corrected chi connectivity index (χ0v) is 20.1. The number of nitrogens with one attached hydrogen (secondary N) is 2. The number of benzene rings is 3. The van der Waals surface area contributed by atoms with Gasteiger partial charge in [0.05, 0.1) is 17.2 Å². The third-order valence-corrected chi connectivity index (χ3v) is 6.97. The lowest BCUT2D eigenvalue weighted by Crippen LogP contribution is -2.53. The van der Waals surface area contributed by atoms with Crippen LogP contribution in [0.15, 0.2) is 66.7 Å². The number of hydrogen-bond acceptors (Lipinski definition) is 5. The number of rotatable bonds is 7. The van der Waals surface area contributed by atoms with Crippen LogP contribution >= 0.6 is 11.6 Å². The van der Waals surface area contributed by atoms with Crippen LogP contribution in [0.1, 0.15) is 29.5 Å². The molecular formula is C28H28ClN3O3. The Morgan fingerprint density at radius 2 is 1.63 bits per heavy atom. The topological polar surface area (TPSA) is 105 Å². The number of carbonyl (C=O) groups is 1. The lowest BCUT2D eigenvalue weighted by Gasteiger charge is -2.37. The number of carbonyl (C=O) groups excluding carboxylic acids is 1. The summed E-state index contributed by atoms with van der Waals surface area (Å²) in [5, 5.41) is 36.5. The lowest BCUT2D eigenvalue weighted by molar-refractivity contribution is -0.141. The van der Waals surface area contributed by atoms with Crippen LogP contribution in [0.3, 0.4) is 0 Å². The summed E-state index contributed by atoms with van der Waals surface area (Å²) in [5.74, 6) is -0.683. The maximum atomic E-state index is 13.4. The van der Waals surface area contributed by atoms with Gasteiger partial charge < -0.3 is 20.8 Å². The summed E-state index contributed by atoms with van der Waals surface area (Å²) in [6, 6.07) is 22.2. The summed E-state index contributed by atoms with van der Waals surface area (Å²) in [6.07, 6.45) is 1.55. The first-order valence-corrected chi connectivity index (χ1v) is 12.0. The second-order valence-electron chi connectivity index (χ2n) is 8.94. The largest absolute Gasteiger partial charge is 0.392 e. The van der Waals surface area contributed by atoms with E-state index < -0.39 is 11.5 Å². The molecule has 1 amide bonds. The molecule has 1 atom stereocenters. The van der Waals surface area contributed by atoms with Gasteiger partial charge in [-0.1, -0.05) is 60.1 Å². The summed E-state index contributed by atoms with van der Waals surface area (Å²) in [7, 11) is 0. The zero-order chi connectivity index (χ0) is 24.8. The van der Waals surface area contributed by atoms with Crippen LogP contribution in [0.4, 0.5) is 5.69 Å². The van der Waals surface area contributed by atoms with Gasteiger partial charge in [0.15, 0.2) is 0 Å². The minimum Gasteiger partial charge on any atom is -0.392 e. The van der Waals surface area contributed by atoms with Gasteiger partial charge in [-0.3, -0.25) is 4.79 Å². The molecule has 0 aliphatic carbocycles. The van der Waals surface area contributed by atoms with E-state index in [4.69, 9.17) is 16.9 Å². The Bertz CT molecular complexity index is 1220. The molecule has 6 nitrogen and oxygen atoms in total. The monoisotopic (exact) mass is 489 g/mol. The first kappa shape index (κ1) is 24.9. The molecule has 0 saturated carbocycles. The summed E-state index contributed by atoms with van der Waals surface area (Å²) >= 11 is 6.13. The normalized spacial score (nSPS) is 15.7. The molecule has 0 bridgehead atoms. The van der Waals surface area contributed by atoms with E-state index >= 15 is 0 Å². The summed E-state index contributed by atoms with van der Waals surface area (Å²) < 4.78 is 0. The van der Waals surface area contributed by atoms with Gasteiger partial charge in [0, 0.05) is 12.1 Å². The van der Waals surface area contributed by atoms with E-state index in [1.54, 1.807) is 12.1 Å². The highest BCUT2D eigenvalue weighted by Crippen LogP contribution is 2.32. The number of amides is 1. The van der Waals surface area contributed by atoms with Crippen molar-refractivity contribution >= 4 is 23.2 Å². The fourth-order valence-corrected chi connectivity index (χ4v) is 4.78. The van der Waals surface area contributed by atoms with Gasteiger partial charge >= 0.3 is 0 Å². The van der Waals surface area contributed by atoms with Gasteiger partial charge in [0.2, 0.25) is 0 Å². The van der Waals surface area contributed by atoms with Crippen LogP contribution in [-0.2, 0) is 17.8 Å². The molecule has 7 heteroatoms. The lowest BCUT2D eigenvalue weighted by atomic mass is 9.76. The minimum atomic E-state index is -1.60. The SMILES string of the molecule is N#Cc1ccc(NC(=O)C(O)(Cc2ccc(-c3ccc(CO)cc3)cc2)C2CCNCC2)cc1Cl. The Morgan fingerprint density at radius 1 is 1.03 bits per heavy atom. The Morgan fingerprint density at radius 3 is 2.17 bits per heavy atom. The third-order valence-electron chi connectivity index (χ3n) is 6.65. The average molecular weight is 490 g/mol. The number of hydrogen-bond donors (Lipinski definition) is 4. The molecule has 1 unspecified atom stereocenters. The Balaban J connectivity index is 1.56. The maximum Gasteiger partial charge on any atom is 0.256 e. The van der Waals surface area contributed by atoms with Crippen molar-refractivity contribution in [3.63, 3.8) is 0 Å². The van der Waals surface area contributed by atoms with Crippen molar-refractivity contribution in [3.8, 4) is 17.2 Å². The highest BCUT2D eigenvalue weighted by Gasteiger charge is 2.44. The Hall–Kier alpha value is -3.21. The molecule has 4 rings (SSSR count). The van der Waals surface area contributed by atoms with Gasteiger partial charge in [-0.15, -0.1) is 0 Å². The number of aliphatic hydroxyl groups is 2. The van der Waals surface area contributed by atoms with Crippen molar-refractivity contribution in [1.29, 1.82) is 5.26 Å². The molecular weight excluding hydrogens is 462 g/mol. The van der Waals surface area contributed by atoms with Crippen molar-refractivity contribution in [2.24, 2.45) is 5.92 Å². The molecule has 1 aliphatic heterocycles. The van der Waals surface area contributed by atoms with Crippen molar-refractivity contribution in [3.05, 3.63) is 88.4 Å². The van der Waals surface area contributed by atoms with Crippen molar-refractivity contribution < 1.29 is 15.0 Å². The van der Waals surface area contributed by atoms with E-state index in [0.29, 0.717) is 24.1 Å². The summed E-state index contributed by atoms with van der Waals surface area (Å²) in [5.41, 5.74) is 2.91. The molecule has 1 aliphatic rings. The first-order valence-electron chi connectivity index (χ1n) is 11.7. The molecule has 1 heterocycles. The van der Waals surface area contributed by atoms with E-state index in [9.17, 15) is 15.0 Å². The molecule has 4 N–H and O–H groups in total. The minimum absolute atomic E-state index is 0.00518. The van der Waals surface area contributed by atoms with Gasteiger partial charge in [0.25, 0.3) is 5.91 Å². The average Bonchev–Trinajstić information content (AvgIpc) is 2.90. The highest BCUT2D eigenvalue weighted by molar-refractivity contribution is 6.32. The zero-order valence-electron chi connectivity index (χ0n) is 19.3. The van der Waals surface area contributed by atoms with Crippen LogP contribution in [-0.4, -0.2) is 34.8 Å². The molecule has 0 aromatic heterocycles. The molecule has 35 heavy (non-hydrogen) atoms. The molecule has 3 aromatic carbocycles. The predicted octanol–water partition coefficient (Wildman–Crippen LogP) is 4.28. The van der Waals surface area contributed by atoms with E-state index in [-0.39, 0.29) is 24.0 Å². The Labute approximate surface area is 210 Å². The first-order chi connectivity index (χ1) is 16.9. The van der Waals surface area contributed by atoms with Gasteiger partial charge in [0.1, 0.15) is 11.7 Å². The van der Waals surface area contributed by atoms with Crippen LogP contribution < -0.4 is 10.6 Å². The molecule has 0 radical (unpaired) electrons. The van der Waals surface area contributed by atoms with Crippen molar-refractivity contribution in [1.82, 2.24) is 5.32 Å². The van der Waals surface area contributed by atoms with Crippen LogP contribution in [0.2, 0.25) is 5.02 Å². The van der Waals surface area contributed by atoms with Crippen LogP contribution in [0.25, 0.3) is 11.1 Å². The number of anilines is 1. The summed E-state index contributed by atoms with van der Waals surface area (Å²) in [6.45, 7) is 1.49. The third kappa shape index (κ3) is 5.72. The fraction of sp³-hybridized carbons (Fsp3) is 0.286. The standard InChI is InChI=1S/C28H28ClN3O3/c29-26-15-25(10-9-23(26)17-30)32-27(34)28(35,24-11-13-31-14-12-24)16-19-1-5-21(6-2-19)22-7-3-20(18-33)4-8-22/h1-10,15,24,31,33,35H,11-14,16,18H2,(H,32,34).